The van der Waals surface area contributed by atoms with Gasteiger partial charge in [-0.2, -0.15) is 0 Å². The van der Waals surface area contributed by atoms with Crippen LogP contribution in [0, 0.1) is 0 Å². The number of thiazole rings is 1. The van der Waals surface area contributed by atoms with Crippen LogP contribution in [0.25, 0.3) is 0 Å². The molecule has 0 aliphatic rings. The molecule has 1 aromatic heterocycles. The molecule has 0 aliphatic carbocycles. The minimum atomic E-state index is -0.580. The summed E-state index contributed by atoms with van der Waals surface area (Å²) in [6.07, 6.45) is 0.233. The van der Waals surface area contributed by atoms with Crippen LogP contribution in [0.1, 0.15) is 35.5 Å². The molecule has 0 bridgehead atoms. The average molecular weight is 334 g/mol. The Morgan fingerprint density at radius 1 is 1.26 bits per heavy atom. The lowest BCUT2D eigenvalue weighted by atomic mass is 10.1. The van der Waals surface area contributed by atoms with E-state index < -0.39 is 12.1 Å². The largest absolute Gasteiger partial charge is 0.462 e. The van der Waals surface area contributed by atoms with Crippen LogP contribution in [0.15, 0.2) is 29.6 Å². The highest BCUT2D eigenvalue weighted by molar-refractivity contribution is 7.13. The Morgan fingerprint density at radius 3 is 2.78 bits per heavy atom. The average Bonchev–Trinajstić information content (AvgIpc) is 3.01. The van der Waals surface area contributed by atoms with Crippen molar-refractivity contribution in [2.45, 2.75) is 26.9 Å². The number of carbonyl (C=O) groups excluding carboxylic acids is 2. The molecule has 0 aliphatic heterocycles. The number of esters is 1. The van der Waals surface area contributed by atoms with Crippen LogP contribution in [-0.2, 0) is 22.5 Å². The van der Waals surface area contributed by atoms with Crippen molar-refractivity contribution >= 4 is 28.5 Å². The van der Waals surface area contributed by atoms with Crippen LogP contribution >= 0.6 is 11.3 Å². The molecule has 1 aromatic carbocycles. The van der Waals surface area contributed by atoms with Crippen molar-refractivity contribution in [1.29, 1.82) is 0 Å². The van der Waals surface area contributed by atoms with Crippen molar-refractivity contribution < 1.29 is 19.1 Å². The maximum absolute atomic E-state index is 11.7. The number of aromatic nitrogens is 1. The van der Waals surface area contributed by atoms with Gasteiger partial charge in [-0.25, -0.2) is 14.6 Å². The number of rotatable bonds is 6. The molecule has 2 rings (SSSR count). The van der Waals surface area contributed by atoms with Crippen molar-refractivity contribution in [2.75, 3.05) is 11.9 Å². The van der Waals surface area contributed by atoms with Gasteiger partial charge in [-0.15, -0.1) is 11.3 Å². The molecule has 0 fully saturated rings. The zero-order chi connectivity index (χ0) is 16.7. The van der Waals surface area contributed by atoms with Gasteiger partial charge in [0.2, 0.25) is 0 Å². The monoisotopic (exact) mass is 334 g/mol. The summed E-state index contributed by atoms with van der Waals surface area (Å²) in [6.45, 7) is 4.12. The first-order valence-corrected chi connectivity index (χ1v) is 8.14. The summed E-state index contributed by atoms with van der Waals surface area (Å²) in [5.74, 6) is -0.395. The second-order valence-electron chi connectivity index (χ2n) is 4.62. The van der Waals surface area contributed by atoms with Gasteiger partial charge in [0.15, 0.2) is 5.13 Å². The number of benzene rings is 1. The molecule has 0 atom stereocenters. The van der Waals surface area contributed by atoms with E-state index in [4.69, 9.17) is 9.47 Å². The molecular weight excluding hydrogens is 316 g/mol. The summed E-state index contributed by atoms with van der Waals surface area (Å²) in [7, 11) is 0. The van der Waals surface area contributed by atoms with Crippen molar-refractivity contribution in [3.05, 3.63) is 46.5 Å². The number of aryl methyl sites for hydroxylation is 1. The van der Waals surface area contributed by atoms with E-state index in [0.29, 0.717) is 22.9 Å². The van der Waals surface area contributed by atoms with Gasteiger partial charge < -0.3 is 9.47 Å². The second-order valence-corrected chi connectivity index (χ2v) is 5.48. The van der Waals surface area contributed by atoms with Crippen molar-refractivity contribution in [3.63, 3.8) is 0 Å². The van der Waals surface area contributed by atoms with Gasteiger partial charge in [-0.05, 0) is 31.0 Å². The number of hydrogen-bond acceptors (Lipinski definition) is 6. The van der Waals surface area contributed by atoms with E-state index in [1.807, 2.05) is 12.3 Å². The van der Waals surface area contributed by atoms with E-state index in [1.165, 1.54) is 11.3 Å². The Balaban J connectivity index is 1.88. The summed E-state index contributed by atoms with van der Waals surface area (Å²) < 4.78 is 10.1. The third kappa shape index (κ3) is 5.07. The third-order valence-corrected chi connectivity index (χ3v) is 3.74. The van der Waals surface area contributed by atoms with Gasteiger partial charge in [0, 0.05) is 5.38 Å². The lowest BCUT2D eigenvalue weighted by molar-refractivity contribution is 0.0526. The third-order valence-electron chi connectivity index (χ3n) is 2.93. The lowest BCUT2D eigenvalue weighted by Crippen LogP contribution is -2.13. The molecule has 0 unspecified atom stereocenters. The molecule has 0 radical (unpaired) electrons. The molecule has 2 aromatic rings. The zero-order valence-corrected chi connectivity index (χ0v) is 13.8. The van der Waals surface area contributed by atoms with Crippen LogP contribution < -0.4 is 5.32 Å². The number of carbonyl (C=O) groups is 2. The summed E-state index contributed by atoms with van der Waals surface area (Å²) >= 11 is 1.35. The van der Waals surface area contributed by atoms with Gasteiger partial charge in [0.25, 0.3) is 0 Å². The molecule has 0 saturated heterocycles. The number of ether oxygens (including phenoxy) is 2. The first kappa shape index (κ1) is 17.0. The van der Waals surface area contributed by atoms with E-state index in [2.05, 4.69) is 10.3 Å². The van der Waals surface area contributed by atoms with E-state index >= 15 is 0 Å². The molecule has 0 saturated carbocycles. The summed E-state index contributed by atoms with van der Waals surface area (Å²) in [5, 5.41) is 4.97. The Labute approximate surface area is 138 Å². The number of amides is 1. The predicted octanol–water partition coefficient (Wildman–Crippen LogP) is 3.63. The van der Waals surface area contributed by atoms with Crippen LogP contribution in [0.2, 0.25) is 0 Å². The number of nitrogens with one attached hydrogen (secondary N) is 1. The fraction of sp³-hybridized carbons (Fsp3) is 0.312. The van der Waals surface area contributed by atoms with Crippen molar-refractivity contribution in [3.8, 4) is 0 Å². The standard InChI is InChI=1S/C16H18N2O4S/c1-3-13-10-23-15(17-13)18-16(20)22-9-11-6-5-7-12(8-11)14(19)21-4-2/h5-8,10H,3-4,9H2,1-2H3,(H,17,18,20). The fourth-order valence-electron chi connectivity index (χ4n) is 1.80. The molecule has 122 valence electrons. The molecule has 1 N–H and O–H groups in total. The second kappa shape index (κ2) is 8.28. The minimum absolute atomic E-state index is 0.0606. The maximum Gasteiger partial charge on any atom is 0.413 e. The van der Waals surface area contributed by atoms with Gasteiger partial charge >= 0.3 is 12.1 Å². The van der Waals surface area contributed by atoms with Crippen molar-refractivity contribution in [2.24, 2.45) is 0 Å². The molecule has 1 amide bonds. The normalized spacial score (nSPS) is 10.2. The minimum Gasteiger partial charge on any atom is -0.462 e. The first-order valence-electron chi connectivity index (χ1n) is 7.26. The highest BCUT2D eigenvalue weighted by Gasteiger charge is 2.10. The molecule has 6 nitrogen and oxygen atoms in total. The van der Waals surface area contributed by atoms with E-state index in [0.717, 1.165) is 12.1 Å². The Morgan fingerprint density at radius 2 is 2.09 bits per heavy atom. The van der Waals surface area contributed by atoms with E-state index in [1.54, 1.807) is 31.2 Å². The number of nitrogens with zero attached hydrogens (tertiary/aromatic N) is 1. The van der Waals surface area contributed by atoms with E-state index in [-0.39, 0.29) is 6.61 Å². The fourth-order valence-corrected chi connectivity index (χ4v) is 2.58. The van der Waals surface area contributed by atoms with Crippen LogP contribution in [-0.4, -0.2) is 23.7 Å². The van der Waals surface area contributed by atoms with Gasteiger partial charge in [0.1, 0.15) is 6.61 Å². The Kier molecular flexibility index (Phi) is 6.10. The highest BCUT2D eigenvalue weighted by atomic mass is 32.1. The summed E-state index contributed by atoms with van der Waals surface area (Å²) in [4.78, 5) is 27.6. The maximum atomic E-state index is 11.7. The van der Waals surface area contributed by atoms with Gasteiger partial charge in [-0.3, -0.25) is 5.32 Å². The van der Waals surface area contributed by atoms with Crippen LogP contribution in [0.4, 0.5) is 9.93 Å². The summed E-state index contributed by atoms with van der Waals surface area (Å²) in [6, 6.07) is 6.79. The Hall–Kier alpha value is -2.41. The molecular formula is C16H18N2O4S. The number of hydrogen-bond donors (Lipinski definition) is 1. The van der Waals surface area contributed by atoms with Crippen molar-refractivity contribution in [1.82, 2.24) is 4.98 Å². The van der Waals surface area contributed by atoms with E-state index in [9.17, 15) is 9.59 Å². The smallest absolute Gasteiger partial charge is 0.413 e. The molecule has 1 heterocycles. The first-order chi connectivity index (χ1) is 11.1. The van der Waals surface area contributed by atoms with Gasteiger partial charge in [0.05, 0.1) is 17.9 Å². The predicted molar refractivity (Wildman–Crippen MR) is 87.7 cm³/mol. The summed E-state index contributed by atoms with van der Waals surface area (Å²) in [5.41, 5.74) is 2.06. The molecule has 7 heteroatoms. The SMILES string of the molecule is CCOC(=O)c1cccc(COC(=O)Nc2nc(CC)cs2)c1. The quantitative estimate of drug-likeness (QED) is 0.816. The number of anilines is 1. The Bertz CT molecular complexity index is 684. The van der Waals surface area contributed by atoms with Crippen LogP contribution in [0.5, 0.6) is 0 Å². The molecule has 0 spiro atoms. The molecule has 23 heavy (non-hydrogen) atoms. The highest BCUT2D eigenvalue weighted by Crippen LogP contribution is 2.16. The van der Waals surface area contributed by atoms with Crippen LogP contribution in [0.3, 0.4) is 0 Å². The lowest BCUT2D eigenvalue weighted by Gasteiger charge is -2.07. The van der Waals surface area contributed by atoms with Gasteiger partial charge in [-0.1, -0.05) is 19.1 Å². The topological polar surface area (TPSA) is 77.5 Å². The zero-order valence-electron chi connectivity index (χ0n) is 13.0.